The monoisotopic (exact) mass is 194 g/mol. The molecule has 0 aliphatic heterocycles. The summed E-state index contributed by atoms with van der Waals surface area (Å²) in [5.74, 6) is -0.519. The zero-order valence-electron chi connectivity index (χ0n) is 7.61. The fourth-order valence-corrected chi connectivity index (χ4v) is 1.01. The molecule has 3 N–H and O–H groups in total. The van der Waals surface area contributed by atoms with Gasteiger partial charge in [-0.2, -0.15) is 0 Å². The number of nitrogens with two attached hydrogens (primary N) is 1. The summed E-state index contributed by atoms with van der Waals surface area (Å²) in [6.07, 6.45) is 0. The van der Waals surface area contributed by atoms with Crippen molar-refractivity contribution in [1.29, 1.82) is 0 Å². The quantitative estimate of drug-likeness (QED) is 0.688. The summed E-state index contributed by atoms with van der Waals surface area (Å²) >= 11 is 0. The molecule has 0 bridgehead atoms. The largest absolute Gasteiger partial charge is 0.465 e. The minimum atomic E-state index is -0.721. The van der Waals surface area contributed by atoms with E-state index in [9.17, 15) is 9.59 Å². The second kappa shape index (κ2) is 4.27. The standard InChI is InChI=1S/C9H10N2O3/c1-14-8(12)6-4-2-3-5-7(6)11-9(10)13/h2-5H,1H3,(H3,10,11,13). The van der Waals surface area contributed by atoms with Crippen LogP contribution in [-0.4, -0.2) is 19.1 Å². The van der Waals surface area contributed by atoms with Gasteiger partial charge < -0.3 is 15.8 Å². The number of amides is 2. The van der Waals surface area contributed by atoms with Crippen LogP contribution in [-0.2, 0) is 4.74 Å². The Kier molecular flexibility index (Phi) is 3.06. The van der Waals surface area contributed by atoms with Crippen LogP contribution in [0.5, 0.6) is 0 Å². The minimum Gasteiger partial charge on any atom is -0.465 e. The number of hydrogen-bond acceptors (Lipinski definition) is 3. The third-order valence-electron chi connectivity index (χ3n) is 1.59. The molecule has 0 aromatic heterocycles. The van der Waals surface area contributed by atoms with Crippen molar-refractivity contribution in [3.05, 3.63) is 29.8 Å². The number of methoxy groups -OCH3 is 1. The lowest BCUT2D eigenvalue weighted by molar-refractivity contribution is 0.0602. The van der Waals surface area contributed by atoms with Gasteiger partial charge in [-0.15, -0.1) is 0 Å². The number of nitrogens with one attached hydrogen (secondary N) is 1. The number of carbonyl (C=O) groups excluding carboxylic acids is 2. The Morgan fingerprint density at radius 2 is 2.00 bits per heavy atom. The maximum Gasteiger partial charge on any atom is 0.339 e. The van der Waals surface area contributed by atoms with Crippen LogP contribution < -0.4 is 11.1 Å². The highest BCUT2D eigenvalue weighted by molar-refractivity contribution is 6.00. The Labute approximate surface area is 80.9 Å². The second-order valence-electron chi connectivity index (χ2n) is 2.53. The molecule has 0 heterocycles. The smallest absolute Gasteiger partial charge is 0.339 e. The Balaban J connectivity index is 3.02. The van der Waals surface area contributed by atoms with Crippen molar-refractivity contribution in [2.24, 2.45) is 5.73 Å². The molecular weight excluding hydrogens is 184 g/mol. The molecule has 14 heavy (non-hydrogen) atoms. The van der Waals surface area contributed by atoms with Crippen LogP contribution in [0.1, 0.15) is 10.4 Å². The van der Waals surface area contributed by atoms with Crippen LogP contribution in [0.25, 0.3) is 0 Å². The number of primary amides is 1. The molecule has 1 aromatic rings. The molecule has 74 valence electrons. The van der Waals surface area contributed by atoms with Gasteiger partial charge in [0.2, 0.25) is 0 Å². The lowest BCUT2D eigenvalue weighted by atomic mass is 10.2. The molecule has 0 saturated carbocycles. The van der Waals surface area contributed by atoms with Crippen LogP contribution in [0, 0.1) is 0 Å². The fraction of sp³-hybridized carbons (Fsp3) is 0.111. The van der Waals surface area contributed by atoms with Gasteiger partial charge in [-0.05, 0) is 12.1 Å². The first kappa shape index (κ1) is 10.0. The summed E-state index contributed by atoms with van der Waals surface area (Å²) in [6.45, 7) is 0. The molecule has 0 radical (unpaired) electrons. The molecule has 0 unspecified atom stereocenters. The summed E-state index contributed by atoms with van der Waals surface area (Å²) in [6, 6.07) is 5.73. The Hall–Kier alpha value is -2.04. The molecule has 5 nitrogen and oxygen atoms in total. The first-order chi connectivity index (χ1) is 6.65. The van der Waals surface area contributed by atoms with Crippen molar-refractivity contribution >= 4 is 17.7 Å². The first-order valence-electron chi connectivity index (χ1n) is 3.89. The fourth-order valence-electron chi connectivity index (χ4n) is 1.01. The van der Waals surface area contributed by atoms with Crippen molar-refractivity contribution < 1.29 is 14.3 Å². The van der Waals surface area contributed by atoms with Gasteiger partial charge in [0.1, 0.15) is 0 Å². The average molecular weight is 194 g/mol. The molecule has 1 aromatic carbocycles. The number of rotatable bonds is 2. The number of para-hydroxylation sites is 1. The van der Waals surface area contributed by atoms with E-state index < -0.39 is 12.0 Å². The number of urea groups is 1. The van der Waals surface area contributed by atoms with Crippen molar-refractivity contribution in [1.82, 2.24) is 0 Å². The number of ether oxygens (including phenoxy) is 1. The van der Waals surface area contributed by atoms with Crippen LogP contribution >= 0.6 is 0 Å². The SMILES string of the molecule is COC(=O)c1ccccc1NC(N)=O. The molecule has 0 spiro atoms. The molecule has 0 fully saturated rings. The van der Waals surface area contributed by atoms with E-state index in [1.807, 2.05) is 0 Å². The Bertz CT molecular complexity index is 363. The van der Waals surface area contributed by atoms with Gasteiger partial charge in [-0.1, -0.05) is 12.1 Å². The number of hydrogen-bond donors (Lipinski definition) is 2. The van der Waals surface area contributed by atoms with Gasteiger partial charge >= 0.3 is 12.0 Å². The van der Waals surface area contributed by atoms with Gasteiger partial charge in [0.05, 0.1) is 18.4 Å². The summed E-state index contributed by atoms with van der Waals surface area (Å²) in [7, 11) is 1.27. The molecule has 0 saturated heterocycles. The maximum absolute atomic E-state index is 11.2. The molecule has 0 aliphatic carbocycles. The van der Waals surface area contributed by atoms with Crippen molar-refractivity contribution in [2.45, 2.75) is 0 Å². The summed E-state index contributed by atoms with van der Waals surface area (Å²) in [4.78, 5) is 21.8. The third-order valence-corrected chi connectivity index (χ3v) is 1.59. The highest BCUT2D eigenvalue weighted by Gasteiger charge is 2.11. The summed E-state index contributed by atoms with van der Waals surface area (Å²) in [5, 5.41) is 2.33. The van der Waals surface area contributed by atoms with E-state index >= 15 is 0 Å². The molecule has 5 heteroatoms. The summed E-state index contributed by atoms with van der Waals surface area (Å²) in [5.41, 5.74) is 5.54. The summed E-state index contributed by atoms with van der Waals surface area (Å²) < 4.78 is 4.53. The van der Waals surface area contributed by atoms with E-state index in [1.54, 1.807) is 18.2 Å². The van der Waals surface area contributed by atoms with E-state index in [1.165, 1.54) is 13.2 Å². The zero-order chi connectivity index (χ0) is 10.6. The minimum absolute atomic E-state index is 0.272. The van der Waals surface area contributed by atoms with Gasteiger partial charge in [0, 0.05) is 0 Å². The van der Waals surface area contributed by atoms with E-state index in [-0.39, 0.29) is 5.56 Å². The number of anilines is 1. The Morgan fingerprint density at radius 1 is 1.36 bits per heavy atom. The lowest BCUT2D eigenvalue weighted by Gasteiger charge is -2.06. The molecular formula is C9H10N2O3. The first-order valence-corrected chi connectivity index (χ1v) is 3.89. The normalized spacial score (nSPS) is 9.21. The predicted octanol–water partition coefficient (Wildman–Crippen LogP) is 0.964. The average Bonchev–Trinajstić information content (AvgIpc) is 2.16. The highest BCUT2D eigenvalue weighted by atomic mass is 16.5. The topological polar surface area (TPSA) is 81.4 Å². The highest BCUT2D eigenvalue weighted by Crippen LogP contribution is 2.15. The number of benzene rings is 1. The number of carbonyl (C=O) groups is 2. The van der Waals surface area contributed by atoms with Gasteiger partial charge in [0.15, 0.2) is 0 Å². The second-order valence-corrected chi connectivity index (χ2v) is 2.53. The molecule has 0 aliphatic rings. The van der Waals surface area contributed by atoms with Crippen molar-refractivity contribution in [3.8, 4) is 0 Å². The zero-order valence-corrected chi connectivity index (χ0v) is 7.61. The van der Waals surface area contributed by atoms with Crippen molar-refractivity contribution in [2.75, 3.05) is 12.4 Å². The van der Waals surface area contributed by atoms with Gasteiger partial charge in [0.25, 0.3) is 0 Å². The molecule has 2 amide bonds. The number of esters is 1. The lowest BCUT2D eigenvalue weighted by Crippen LogP contribution is -2.21. The Morgan fingerprint density at radius 3 is 2.57 bits per heavy atom. The van der Waals surface area contributed by atoms with Crippen molar-refractivity contribution in [3.63, 3.8) is 0 Å². The van der Waals surface area contributed by atoms with E-state index in [0.29, 0.717) is 5.69 Å². The maximum atomic E-state index is 11.2. The van der Waals surface area contributed by atoms with Crippen LogP contribution in [0.15, 0.2) is 24.3 Å². The molecule has 0 atom stereocenters. The van der Waals surface area contributed by atoms with E-state index in [2.05, 4.69) is 10.1 Å². The van der Waals surface area contributed by atoms with Gasteiger partial charge in [-0.3, -0.25) is 0 Å². The van der Waals surface area contributed by atoms with Crippen LogP contribution in [0.2, 0.25) is 0 Å². The van der Waals surface area contributed by atoms with E-state index in [4.69, 9.17) is 5.73 Å². The van der Waals surface area contributed by atoms with E-state index in [0.717, 1.165) is 0 Å². The predicted molar refractivity (Wildman–Crippen MR) is 51.0 cm³/mol. The van der Waals surface area contributed by atoms with Crippen LogP contribution in [0.4, 0.5) is 10.5 Å². The molecule has 1 rings (SSSR count). The third kappa shape index (κ3) is 2.22. The van der Waals surface area contributed by atoms with Crippen LogP contribution in [0.3, 0.4) is 0 Å². The van der Waals surface area contributed by atoms with Gasteiger partial charge in [-0.25, -0.2) is 9.59 Å².